The Morgan fingerprint density at radius 3 is 2.62 bits per heavy atom. The molecule has 3 rings (SSSR count). The summed E-state index contributed by atoms with van der Waals surface area (Å²) in [6.45, 7) is 3.37. The molecule has 1 N–H and O–H groups in total. The first kappa shape index (κ1) is 14.2. The highest BCUT2D eigenvalue weighted by molar-refractivity contribution is 9.10. The number of rotatable bonds is 0. The second kappa shape index (κ2) is 4.15. The van der Waals surface area contributed by atoms with Gasteiger partial charge in [-0.15, -0.1) is 5.10 Å². The number of tetrazole rings is 1. The lowest BCUT2D eigenvalue weighted by Crippen LogP contribution is -2.37. The van der Waals surface area contributed by atoms with E-state index < -0.39 is 27.6 Å². The zero-order valence-corrected chi connectivity index (χ0v) is 12.3. The summed E-state index contributed by atoms with van der Waals surface area (Å²) in [5, 5.41) is 13.6. The van der Waals surface area contributed by atoms with E-state index in [-0.39, 0.29) is 17.2 Å². The maximum Gasteiger partial charge on any atom is 0.419 e. The molecule has 0 aliphatic carbocycles. The Bertz CT molecular complexity index is 737. The van der Waals surface area contributed by atoms with Crippen molar-refractivity contribution in [3.63, 3.8) is 0 Å². The first-order valence-corrected chi connectivity index (χ1v) is 6.59. The van der Waals surface area contributed by atoms with Crippen molar-refractivity contribution >= 4 is 21.6 Å². The standard InChI is InChI=1S/C11H8BrF4N5/c1-10(2)9-18-19-20-21(9)8-5(17-10)3-4(13)7(12)6(8)11(14,15)16/h3,17H,1-2H3. The van der Waals surface area contributed by atoms with E-state index in [4.69, 9.17) is 0 Å². The number of benzene rings is 1. The van der Waals surface area contributed by atoms with Crippen molar-refractivity contribution in [2.24, 2.45) is 0 Å². The van der Waals surface area contributed by atoms with Crippen LogP contribution < -0.4 is 5.32 Å². The summed E-state index contributed by atoms with van der Waals surface area (Å²) in [7, 11) is 0. The SMILES string of the molecule is CC1(C)Nc2cc(F)c(Br)c(C(F)(F)F)c2-n2nnnc21. The molecular formula is C11H8BrF4N5. The minimum Gasteiger partial charge on any atom is -0.371 e. The molecule has 0 radical (unpaired) electrons. The van der Waals surface area contributed by atoms with E-state index in [1.807, 2.05) is 0 Å². The lowest BCUT2D eigenvalue weighted by Gasteiger charge is -2.33. The van der Waals surface area contributed by atoms with E-state index in [2.05, 4.69) is 36.8 Å². The van der Waals surface area contributed by atoms with Crippen molar-refractivity contribution in [3.05, 3.63) is 27.7 Å². The molecule has 0 saturated heterocycles. The molecule has 112 valence electrons. The fourth-order valence-electron chi connectivity index (χ4n) is 2.31. The predicted molar refractivity (Wildman–Crippen MR) is 68.5 cm³/mol. The Morgan fingerprint density at radius 1 is 1.33 bits per heavy atom. The highest BCUT2D eigenvalue weighted by atomic mass is 79.9. The van der Waals surface area contributed by atoms with Gasteiger partial charge in [-0.1, -0.05) is 0 Å². The molecule has 1 aromatic heterocycles. The first-order chi connectivity index (χ1) is 9.63. The van der Waals surface area contributed by atoms with Crippen LogP contribution in [0.15, 0.2) is 10.5 Å². The summed E-state index contributed by atoms with van der Waals surface area (Å²) in [6, 6.07) is 0.987. The molecule has 0 atom stereocenters. The van der Waals surface area contributed by atoms with Crippen LogP contribution in [0.3, 0.4) is 0 Å². The second-order valence-corrected chi connectivity index (χ2v) is 5.90. The number of anilines is 1. The molecule has 2 heterocycles. The quantitative estimate of drug-likeness (QED) is 0.728. The van der Waals surface area contributed by atoms with Gasteiger partial charge in [0.1, 0.15) is 17.1 Å². The molecule has 5 nitrogen and oxygen atoms in total. The fraction of sp³-hybridized carbons (Fsp3) is 0.364. The van der Waals surface area contributed by atoms with Crippen molar-refractivity contribution < 1.29 is 17.6 Å². The maximum atomic E-state index is 13.8. The van der Waals surface area contributed by atoms with Crippen LogP contribution in [0.2, 0.25) is 0 Å². The number of fused-ring (bicyclic) bond motifs is 3. The van der Waals surface area contributed by atoms with Crippen molar-refractivity contribution in [2.45, 2.75) is 25.6 Å². The summed E-state index contributed by atoms with van der Waals surface area (Å²) in [5.74, 6) is -0.806. The van der Waals surface area contributed by atoms with Crippen LogP contribution in [0.1, 0.15) is 25.2 Å². The summed E-state index contributed by atoms with van der Waals surface area (Å²) in [4.78, 5) is 0. The highest BCUT2D eigenvalue weighted by Gasteiger charge is 2.44. The molecule has 1 aromatic carbocycles. The number of halogens is 5. The Morgan fingerprint density at radius 2 is 2.00 bits per heavy atom. The molecule has 0 amide bonds. The van der Waals surface area contributed by atoms with E-state index >= 15 is 0 Å². The van der Waals surface area contributed by atoms with E-state index in [1.165, 1.54) is 0 Å². The van der Waals surface area contributed by atoms with Crippen molar-refractivity contribution in [3.8, 4) is 5.69 Å². The van der Waals surface area contributed by atoms with Crippen molar-refractivity contribution in [2.75, 3.05) is 5.32 Å². The number of alkyl halides is 3. The number of nitrogens with zero attached hydrogens (tertiary/aromatic N) is 4. The van der Waals surface area contributed by atoms with Gasteiger partial charge < -0.3 is 5.32 Å². The number of nitrogens with one attached hydrogen (secondary N) is 1. The van der Waals surface area contributed by atoms with E-state index in [0.717, 1.165) is 10.7 Å². The van der Waals surface area contributed by atoms with Gasteiger partial charge in [-0.2, -0.15) is 17.9 Å². The summed E-state index contributed by atoms with van der Waals surface area (Å²) < 4.78 is 54.0. The zero-order valence-electron chi connectivity index (χ0n) is 10.8. The van der Waals surface area contributed by atoms with Crippen molar-refractivity contribution in [1.82, 2.24) is 20.2 Å². The van der Waals surface area contributed by atoms with E-state index in [9.17, 15) is 17.6 Å². The van der Waals surface area contributed by atoms with Gasteiger partial charge in [0.25, 0.3) is 0 Å². The molecule has 10 heteroatoms. The Hall–Kier alpha value is -1.71. The molecular weight excluding hydrogens is 358 g/mol. The van der Waals surface area contributed by atoms with Crippen LogP contribution in [0.25, 0.3) is 5.69 Å². The normalized spacial score (nSPS) is 16.1. The molecule has 0 fully saturated rings. The largest absolute Gasteiger partial charge is 0.419 e. The highest BCUT2D eigenvalue weighted by Crippen LogP contribution is 2.46. The minimum absolute atomic E-state index is 0.0205. The maximum absolute atomic E-state index is 13.8. The molecule has 1 aliphatic rings. The van der Waals surface area contributed by atoms with Crippen molar-refractivity contribution in [1.29, 1.82) is 0 Å². The van der Waals surface area contributed by atoms with Crippen LogP contribution in [-0.2, 0) is 11.7 Å². The third kappa shape index (κ3) is 2.00. The summed E-state index contributed by atoms with van der Waals surface area (Å²) in [6.07, 6.45) is -4.77. The predicted octanol–water partition coefficient (Wildman–Crippen LogP) is 3.24. The Balaban J connectivity index is 2.42. The van der Waals surface area contributed by atoms with Gasteiger partial charge in [-0.25, -0.2) is 4.39 Å². The third-order valence-corrected chi connectivity index (χ3v) is 3.94. The third-order valence-electron chi connectivity index (χ3n) is 3.16. The average Bonchev–Trinajstić information content (AvgIpc) is 2.80. The van der Waals surface area contributed by atoms with E-state index in [1.54, 1.807) is 13.8 Å². The van der Waals surface area contributed by atoms with Crippen LogP contribution in [0.5, 0.6) is 0 Å². The second-order valence-electron chi connectivity index (χ2n) is 5.11. The monoisotopic (exact) mass is 365 g/mol. The average molecular weight is 366 g/mol. The lowest BCUT2D eigenvalue weighted by molar-refractivity contribution is -0.138. The number of hydrogen-bond donors (Lipinski definition) is 1. The fourth-order valence-corrected chi connectivity index (χ4v) is 2.84. The minimum atomic E-state index is -4.77. The van der Waals surface area contributed by atoms with Gasteiger partial charge in [0.05, 0.1) is 15.7 Å². The molecule has 0 unspecified atom stereocenters. The first-order valence-electron chi connectivity index (χ1n) is 5.79. The molecule has 21 heavy (non-hydrogen) atoms. The van der Waals surface area contributed by atoms with Gasteiger partial charge in [0.2, 0.25) is 0 Å². The summed E-state index contributed by atoms with van der Waals surface area (Å²) in [5.41, 5.74) is -2.34. The van der Waals surface area contributed by atoms with E-state index in [0.29, 0.717) is 0 Å². The van der Waals surface area contributed by atoms with Gasteiger partial charge in [-0.3, -0.25) is 0 Å². The molecule has 0 bridgehead atoms. The number of aromatic nitrogens is 4. The number of hydrogen-bond acceptors (Lipinski definition) is 4. The van der Waals surface area contributed by atoms with Gasteiger partial charge >= 0.3 is 6.18 Å². The topological polar surface area (TPSA) is 55.6 Å². The van der Waals surface area contributed by atoms with Gasteiger partial charge in [0.15, 0.2) is 5.82 Å². The lowest BCUT2D eigenvalue weighted by atomic mass is 9.98. The molecule has 2 aromatic rings. The van der Waals surface area contributed by atoms with Crippen LogP contribution in [0.4, 0.5) is 23.2 Å². The zero-order chi connectivity index (χ0) is 15.6. The smallest absolute Gasteiger partial charge is 0.371 e. The molecule has 0 saturated carbocycles. The summed E-state index contributed by atoms with van der Waals surface area (Å²) >= 11 is 2.66. The molecule has 0 spiro atoms. The van der Waals surface area contributed by atoms with Gasteiger partial charge in [-0.05, 0) is 40.2 Å². The van der Waals surface area contributed by atoms with Crippen LogP contribution >= 0.6 is 15.9 Å². The Kier molecular flexibility index (Phi) is 2.81. The van der Waals surface area contributed by atoms with Gasteiger partial charge in [0, 0.05) is 6.07 Å². The molecule has 1 aliphatic heterocycles. The Labute approximate surface area is 124 Å². The van der Waals surface area contributed by atoms with Crippen LogP contribution in [-0.4, -0.2) is 20.2 Å². The van der Waals surface area contributed by atoms with Crippen LogP contribution in [0, 0.1) is 5.82 Å².